The van der Waals surface area contributed by atoms with E-state index in [9.17, 15) is 4.79 Å². The van der Waals surface area contributed by atoms with Crippen LogP contribution in [0.2, 0.25) is 0 Å². The minimum absolute atomic E-state index is 0.246. The van der Waals surface area contributed by atoms with Gasteiger partial charge in [0.05, 0.1) is 5.56 Å². The molecule has 1 heterocycles. The van der Waals surface area contributed by atoms with Crippen LogP contribution in [0.15, 0.2) is 18.2 Å². The molecule has 0 bridgehead atoms. The van der Waals surface area contributed by atoms with Crippen LogP contribution in [0, 0.1) is 25.7 Å². The molecule has 0 fully saturated rings. The van der Waals surface area contributed by atoms with Crippen molar-refractivity contribution in [1.82, 2.24) is 10.2 Å². The van der Waals surface area contributed by atoms with Crippen LogP contribution in [-0.4, -0.2) is 27.8 Å². The number of carbonyl (C=O) groups excluding carboxylic acids is 1. The van der Waals surface area contributed by atoms with E-state index >= 15 is 0 Å². The van der Waals surface area contributed by atoms with E-state index in [1.165, 1.54) is 11.3 Å². The summed E-state index contributed by atoms with van der Waals surface area (Å²) in [5, 5.41) is 20.4. The Hall–Kier alpha value is -2.23. The highest BCUT2D eigenvalue weighted by atomic mass is 32.1. The van der Waals surface area contributed by atoms with Crippen LogP contribution in [0.1, 0.15) is 26.5 Å². The highest BCUT2D eigenvalue weighted by Gasteiger charge is 2.13. The van der Waals surface area contributed by atoms with Crippen molar-refractivity contribution in [3.63, 3.8) is 0 Å². The van der Waals surface area contributed by atoms with Crippen molar-refractivity contribution in [2.45, 2.75) is 13.8 Å². The molecule has 5 nitrogen and oxygen atoms in total. The summed E-state index contributed by atoms with van der Waals surface area (Å²) in [6.07, 6.45) is 0. The van der Waals surface area contributed by atoms with Crippen LogP contribution in [0.5, 0.6) is 0 Å². The summed E-state index contributed by atoms with van der Waals surface area (Å²) in [6.45, 7) is 3.47. The monoisotopic (exact) mass is 287 g/mol. The van der Waals surface area contributed by atoms with Crippen molar-refractivity contribution in [3.8, 4) is 11.8 Å². The number of aryl methyl sites for hydroxylation is 2. The molecular formula is C14H13N3O2S. The molecule has 0 saturated heterocycles. The lowest BCUT2D eigenvalue weighted by Gasteiger charge is -2.05. The Morgan fingerprint density at radius 2 is 2.20 bits per heavy atom. The molecule has 0 atom stereocenters. The molecule has 0 saturated carbocycles. The lowest BCUT2D eigenvalue weighted by molar-refractivity contribution is 0.102. The maximum absolute atomic E-state index is 12.3. The highest BCUT2D eigenvalue weighted by Crippen LogP contribution is 2.17. The van der Waals surface area contributed by atoms with Gasteiger partial charge < -0.3 is 5.11 Å². The molecule has 2 aromatic rings. The van der Waals surface area contributed by atoms with Crippen LogP contribution >= 0.6 is 11.3 Å². The van der Waals surface area contributed by atoms with Crippen LogP contribution in [0.3, 0.4) is 0 Å². The number of hydrogen-bond acceptors (Lipinski definition) is 5. The van der Waals surface area contributed by atoms with Crippen LogP contribution in [-0.2, 0) is 0 Å². The molecule has 20 heavy (non-hydrogen) atoms. The lowest BCUT2D eigenvalue weighted by atomic mass is 10.0. The second-order valence-corrected chi connectivity index (χ2v) is 5.27. The smallest absolute Gasteiger partial charge is 0.258 e. The molecule has 0 aliphatic rings. The molecule has 6 heteroatoms. The third-order valence-corrected chi connectivity index (χ3v) is 3.22. The molecule has 2 N–H and O–H groups in total. The van der Waals surface area contributed by atoms with Gasteiger partial charge in [-0.3, -0.25) is 10.1 Å². The Balaban J connectivity index is 2.30. The van der Waals surface area contributed by atoms with Gasteiger partial charge in [0.15, 0.2) is 0 Å². The fourth-order valence-electron chi connectivity index (χ4n) is 1.60. The zero-order chi connectivity index (χ0) is 14.5. The number of aliphatic hydroxyl groups is 1. The van der Waals surface area contributed by atoms with Gasteiger partial charge in [-0.2, -0.15) is 0 Å². The van der Waals surface area contributed by atoms with E-state index in [0.717, 1.165) is 10.6 Å². The van der Waals surface area contributed by atoms with Gasteiger partial charge in [-0.05, 0) is 26.0 Å². The fourth-order valence-corrected chi connectivity index (χ4v) is 2.19. The molecular weight excluding hydrogens is 274 g/mol. The lowest BCUT2D eigenvalue weighted by Crippen LogP contribution is -2.13. The summed E-state index contributed by atoms with van der Waals surface area (Å²) >= 11 is 1.31. The number of rotatable bonds is 2. The number of nitrogens with one attached hydrogen (secondary N) is 1. The Morgan fingerprint density at radius 3 is 2.85 bits per heavy atom. The second-order valence-electron chi connectivity index (χ2n) is 4.09. The first-order chi connectivity index (χ1) is 9.60. The zero-order valence-electron chi connectivity index (χ0n) is 11.1. The summed E-state index contributed by atoms with van der Waals surface area (Å²) in [5.74, 6) is 5.03. The minimum Gasteiger partial charge on any atom is -0.384 e. The van der Waals surface area contributed by atoms with E-state index in [2.05, 4.69) is 27.4 Å². The molecule has 0 spiro atoms. The van der Waals surface area contributed by atoms with Crippen molar-refractivity contribution in [1.29, 1.82) is 0 Å². The number of benzene rings is 1. The van der Waals surface area contributed by atoms with Crippen molar-refractivity contribution >= 4 is 22.4 Å². The summed E-state index contributed by atoms with van der Waals surface area (Å²) in [4.78, 5) is 12.3. The molecule has 2 rings (SSSR count). The van der Waals surface area contributed by atoms with Gasteiger partial charge in [-0.25, -0.2) is 0 Å². The summed E-state index contributed by atoms with van der Waals surface area (Å²) in [6, 6.07) is 5.39. The minimum atomic E-state index is -0.285. The fraction of sp³-hybridized carbons (Fsp3) is 0.214. The first-order valence-electron chi connectivity index (χ1n) is 5.92. The predicted octanol–water partition coefficient (Wildman–Crippen LogP) is 1.75. The van der Waals surface area contributed by atoms with Crippen molar-refractivity contribution < 1.29 is 9.90 Å². The van der Waals surface area contributed by atoms with E-state index < -0.39 is 0 Å². The van der Waals surface area contributed by atoms with Crippen LogP contribution in [0.25, 0.3) is 0 Å². The quantitative estimate of drug-likeness (QED) is 0.825. The summed E-state index contributed by atoms with van der Waals surface area (Å²) in [5.41, 5.74) is 1.99. The van der Waals surface area contributed by atoms with Crippen molar-refractivity contribution in [2.24, 2.45) is 0 Å². The van der Waals surface area contributed by atoms with E-state index in [4.69, 9.17) is 5.11 Å². The van der Waals surface area contributed by atoms with Gasteiger partial charge >= 0.3 is 0 Å². The van der Waals surface area contributed by atoms with Crippen molar-refractivity contribution in [3.05, 3.63) is 39.9 Å². The Morgan fingerprint density at radius 1 is 1.40 bits per heavy atom. The molecule has 1 aromatic heterocycles. The number of anilines is 1. The maximum atomic E-state index is 12.3. The SMILES string of the molecule is Cc1ccc(C#CCO)c(C(=O)Nc2nnc(C)s2)c1. The third kappa shape index (κ3) is 3.41. The molecule has 0 aliphatic carbocycles. The predicted molar refractivity (Wildman–Crippen MR) is 77.7 cm³/mol. The molecule has 1 aromatic carbocycles. The molecule has 0 aliphatic heterocycles. The first kappa shape index (κ1) is 14.2. The summed E-state index contributed by atoms with van der Waals surface area (Å²) in [7, 11) is 0. The zero-order valence-corrected chi connectivity index (χ0v) is 11.9. The van der Waals surface area contributed by atoms with E-state index in [1.54, 1.807) is 12.1 Å². The van der Waals surface area contributed by atoms with Crippen LogP contribution < -0.4 is 5.32 Å². The first-order valence-corrected chi connectivity index (χ1v) is 6.73. The Labute approximate surface area is 120 Å². The van der Waals surface area contributed by atoms with E-state index in [1.807, 2.05) is 19.9 Å². The number of carbonyl (C=O) groups is 1. The summed E-state index contributed by atoms with van der Waals surface area (Å²) < 4.78 is 0. The Kier molecular flexibility index (Phi) is 4.45. The van der Waals surface area contributed by atoms with Gasteiger partial charge in [0, 0.05) is 5.56 Å². The largest absolute Gasteiger partial charge is 0.384 e. The molecule has 102 valence electrons. The normalized spacial score (nSPS) is 9.75. The topological polar surface area (TPSA) is 75.1 Å². The standard InChI is InChI=1S/C14H13N3O2S/c1-9-5-6-11(4-3-7-18)12(8-9)13(19)15-14-17-16-10(2)20-14/h5-6,8,18H,7H2,1-2H3,(H,15,17,19). The second kappa shape index (κ2) is 6.28. The van der Waals surface area contributed by atoms with Gasteiger partial charge in [0.25, 0.3) is 5.91 Å². The number of aliphatic hydroxyl groups excluding tert-OH is 1. The van der Waals surface area contributed by atoms with Crippen LogP contribution in [0.4, 0.5) is 5.13 Å². The molecule has 0 unspecified atom stereocenters. The number of hydrogen-bond donors (Lipinski definition) is 2. The molecule has 1 amide bonds. The third-order valence-electron chi connectivity index (χ3n) is 2.47. The van der Waals surface area contributed by atoms with E-state index in [0.29, 0.717) is 16.3 Å². The van der Waals surface area contributed by atoms with Gasteiger partial charge in [0.1, 0.15) is 11.6 Å². The van der Waals surface area contributed by atoms with E-state index in [-0.39, 0.29) is 12.5 Å². The molecule has 0 radical (unpaired) electrons. The van der Waals surface area contributed by atoms with Gasteiger partial charge in [0.2, 0.25) is 5.13 Å². The van der Waals surface area contributed by atoms with Crippen molar-refractivity contribution in [2.75, 3.05) is 11.9 Å². The Bertz CT molecular complexity index is 698. The number of nitrogens with zero attached hydrogens (tertiary/aromatic N) is 2. The number of aromatic nitrogens is 2. The average Bonchev–Trinajstić information content (AvgIpc) is 2.82. The highest BCUT2D eigenvalue weighted by molar-refractivity contribution is 7.15. The van der Waals surface area contributed by atoms with Gasteiger partial charge in [-0.1, -0.05) is 34.8 Å². The maximum Gasteiger partial charge on any atom is 0.258 e. The number of amides is 1. The average molecular weight is 287 g/mol. The van der Waals surface area contributed by atoms with Gasteiger partial charge in [-0.15, -0.1) is 10.2 Å².